The average Bonchev–Trinajstić information content (AvgIpc) is 3.15. The number of thioether (sulfide) groups is 1. The van der Waals surface area contributed by atoms with E-state index in [1.54, 1.807) is 42.5 Å². The number of aromatic amines is 1. The van der Waals surface area contributed by atoms with Crippen molar-refractivity contribution < 1.29 is 9.21 Å². The van der Waals surface area contributed by atoms with Crippen LogP contribution in [0.2, 0.25) is 5.02 Å². The summed E-state index contributed by atoms with van der Waals surface area (Å²) < 4.78 is 5.64. The molecule has 1 N–H and O–H groups in total. The van der Waals surface area contributed by atoms with E-state index in [0.29, 0.717) is 32.6 Å². The summed E-state index contributed by atoms with van der Waals surface area (Å²) in [6.45, 7) is 0. The summed E-state index contributed by atoms with van der Waals surface area (Å²) in [5.74, 6) is 1.01. The maximum Gasteiger partial charge on any atom is 0.280 e. The Morgan fingerprint density at radius 1 is 1.07 bits per heavy atom. The summed E-state index contributed by atoms with van der Waals surface area (Å²) in [7, 11) is 0. The highest BCUT2D eigenvalue weighted by Gasteiger charge is 2.14. The van der Waals surface area contributed by atoms with Gasteiger partial charge in [0.2, 0.25) is 5.78 Å². The van der Waals surface area contributed by atoms with Crippen molar-refractivity contribution in [1.29, 1.82) is 0 Å². The van der Waals surface area contributed by atoms with Crippen LogP contribution in [0.25, 0.3) is 11.0 Å². The lowest BCUT2D eigenvalue weighted by Gasteiger charge is -2.01. The lowest BCUT2D eigenvalue weighted by atomic mass is 10.1. The second kappa shape index (κ2) is 7.42. The molecule has 0 unspecified atom stereocenters. The van der Waals surface area contributed by atoms with Gasteiger partial charge in [0.15, 0.2) is 10.8 Å². The van der Waals surface area contributed by atoms with Crippen molar-refractivity contribution in [3.8, 4) is 0 Å². The first kappa shape index (κ1) is 17.6. The molecule has 5 nitrogen and oxygen atoms in total. The second-order valence-corrected chi connectivity index (χ2v) is 7.18. The average molecular weight is 397 g/mol. The van der Waals surface area contributed by atoms with Crippen molar-refractivity contribution in [3.05, 3.63) is 93.1 Å². The van der Waals surface area contributed by atoms with E-state index >= 15 is 0 Å². The molecule has 134 valence electrons. The minimum absolute atomic E-state index is 0.218. The third kappa shape index (κ3) is 3.82. The van der Waals surface area contributed by atoms with E-state index in [4.69, 9.17) is 16.0 Å². The van der Waals surface area contributed by atoms with Gasteiger partial charge < -0.3 is 9.40 Å². The zero-order valence-electron chi connectivity index (χ0n) is 13.9. The van der Waals surface area contributed by atoms with Gasteiger partial charge in [0.1, 0.15) is 5.76 Å². The minimum atomic E-state index is -0.247. The van der Waals surface area contributed by atoms with Crippen molar-refractivity contribution in [3.63, 3.8) is 0 Å². The molecule has 0 radical (unpaired) electrons. The Hall–Kier alpha value is -2.83. The van der Waals surface area contributed by atoms with Gasteiger partial charge in [0, 0.05) is 10.6 Å². The number of hydrogen-bond donors (Lipinski definition) is 1. The normalized spacial score (nSPS) is 11.0. The van der Waals surface area contributed by atoms with Crippen molar-refractivity contribution in [2.24, 2.45) is 0 Å². The molecule has 0 aliphatic carbocycles. The second-order valence-electron chi connectivity index (χ2n) is 5.78. The lowest BCUT2D eigenvalue weighted by Crippen LogP contribution is -2.10. The zero-order valence-corrected chi connectivity index (χ0v) is 15.5. The molecule has 0 spiro atoms. The van der Waals surface area contributed by atoms with Gasteiger partial charge in [-0.25, -0.2) is 4.98 Å². The zero-order chi connectivity index (χ0) is 18.8. The number of aromatic nitrogens is 2. The van der Waals surface area contributed by atoms with Gasteiger partial charge in [-0.3, -0.25) is 9.59 Å². The number of para-hydroxylation sites is 2. The predicted molar refractivity (Wildman–Crippen MR) is 106 cm³/mol. The predicted octanol–water partition coefficient (Wildman–Crippen LogP) is 4.69. The van der Waals surface area contributed by atoms with Crippen LogP contribution in [0.1, 0.15) is 21.9 Å². The first-order valence-corrected chi connectivity index (χ1v) is 9.47. The highest BCUT2D eigenvalue weighted by atomic mass is 35.5. The van der Waals surface area contributed by atoms with Crippen LogP contribution < -0.4 is 5.56 Å². The van der Waals surface area contributed by atoms with E-state index in [9.17, 15) is 9.59 Å². The van der Waals surface area contributed by atoms with Crippen LogP contribution in [0, 0.1) is 0 Å². The maximum absolute atomic E-state index is 12.4. The van der Waals surface area contributed by atoms with Gasteiger partial charge in [-0.1, -0.05) is 35.5 Å². The number of carbonyl (C=O) groups excluding carboxylic acids is 1. The summed E-state index contributed by atoms with van der Waals surface area (Å²) in [6, 6.07) is 17.3. The summed E-state index contributed by atoms with van der Waals surface area (Å²) >= 11 is 7.10. The largest absolute Gasteiger partial charge is 0.457 e. The molecule has 0 amide bonds. The number of nitrogens with one attached hydrogen (secondary N) is 1. The van der Waals surface area contributed by atoms with E-state index in [1.807, 2.05) is 18.2 Å². The number of fused-ring (bicyclic) bond motifs is 1. The van der Waals surface area contributed by atoms with Gasteiger partial charge in [0.05, 0.1) is 16.8 Å². The van der Waals surface area contributed by atoms with Gasteiger partial charge in [-0.2, -0.15) is 0 Å². The van der Waals surface area contributed by atoms with Crippen LogP contribution in [0.15, 0.2) is 74.9 Å². The standard InChI is InChI=1S/C20H13ClN2O3S/c21-13-7-5-12(6-8-13)18(24)17-10-9-14(26-17)11-27-20-19(25)22-15-3-1-2-4-16(15)23-20/h1-10H,11H2,(H,22,25). The summed E-state index contributed by atoms with van der Waals surface area (Å²) in [6.07, 6.45) is 0. The molecule has 27 heavy (non-hydrogen) atoms. The van der Waals surface area contributed by atoms with E-state index in [2.05, 4.69) is 9.97 Å². The van der Waals surface area contributed by atoms with Crippen molar-refractivity contribution >= 4 is 40.2 Å². The molecule has 0 aliphatic rings. The number of furan rings is 1. The Morgan fingerprint density at radius 2 is 1.85 bits per heavy atom. The quantitative estimate of drug-likeness (QED) is 0.391. The molecule has 0 bridgehead atoms. The first-order chi connectivity index (χ1) is 13.1. The molecule has 2 heterocycles. The fourth-order valence-electron chi connectivity index (χ4n) is 2.57. The summed E-state index contributed by atoms with van der Waals surface area (Å²) in [5, 5.41) is 0.923. The molecule has 4 rings (SSSR count). The van der Waals surface area contributed by atoms with Crippen molar-refractivity contribution in [1.82, 2.24) is 9.97 Å². The molecule has 0 fully saturated rings. The molecular formula is C20H13ClN2O3S. The van der Waals surface area contributed by atoms with E-state index in [-0.39, 0.29) is 17.1 Å². The highest BCUT2D eigenvalue weighted by Crippen LogP contribution is 2.22. The van der Waals surface area contributed by atoms with Crippen LogP contribution in [-0.4, -0.2) is 15.8 Å². The third-order valence-electron chi connectivity index (χ3n) is 3.91. The molecule has 2 aromatic carbocycles. The Labute approximate surface area is 163 Å². The van der Waals surface area contributed by atoms with Crippen molar-refractivity contribution in [2.45, 2.75) is 10.8 Å². The molecular weight excluding hydrogens is 384 g/mol. The van der Waals surface area contributed by atoms with E-state index in [1.165, 1.54) is 11.8 Å². The van der Waals surface area contributed by atoms with Gasteiger partial charge in [-0.15, -0.1) is 0 Å². The SMILES string of the molecule is O=C(c1ccc(Cl)cc1)c1ccc(CSc2nc3ccccc3[nH]c2=O)o1. The van der Waals surface area contributed by atoms with Gasteiger partial charge >= 0.3 is 0 Å². The molecule has 0 atom stereocenters. The third-order valence-corrected chi connectivity index (χ3v) is 5.14. The number of benzene rings is 2. The Morgan fingerprint density at radius 3 is 2.67 bits per heavy atom. The Kier molecular flexibility index (Phi) is 4.83. The molecule has 0 saturated carbocycles. The first-order valence-electron chi connectivity index (χ1n) is 8.11. The van der Waals surface area contributed by atoms with Crippen LogP contribution in [0.4, 0.5) is 0 Å². The number of nitrogens with zero attached hydrogens (tertiary/aromatic N) is 1. The van der Waals surface area contributed by atoms with Crippen LogP contribution in [-0.2, 0) is 5.75 Å². The number of ketones is 1. The van der Waals surface area contributed by atoms with Gasteiger partial charge in [-0.05, 0) is 48.5 Å². The molecule has 4 aromatic rings. The number of H-pyrrole nitrogens is 1. The topological polar surface area (TPSA) is 76.0 Å². The summed E-state index contributed by atoms with van der Waals surface area (Å²) in [4.78, 5) is 31.8. The monoisotopic (exact) mass is 396 g/mol. The van der Waals surface area contributed by atoms with Gasteiger partial charge in [0.25, 0.3) is 5.56 Å². The Bertz CT molecular complexity index is 1180. The molecule has 2 aromatic heterocycles. The summed E-state index contributed by atoms with van der Waals surface area (Å²) in [5.41, 5.74) is 1.67. The number of halogens is 1. The van der Waals surface area contributed by atoms with E-state index in [0.717, 1.165) is 5.52 Å². The van der Waals surface area contributed by atoms with E-state index < -0.39 is 0 Å². The van der Waals surface area contributed by atoms with Crippen molar-refractivity contribution in [2.75, 3.05) is 0 Å². The number of rotatable bonds is 5. The smallest absolute Gasteiger partial charge is 0.280 e. The molecule has 0 aliphatic heterocycles. The Balaban J connectivity index is 1.50. The molecule has 0 saturated heterocycles. The minimum Gasteiger partial charge on any atom is -0.457 e. The van der Waals surface area contributed by atoms with Crippen LogP contribution in [0.3, 0.4) is 0 Å². The van der Waals surface area contributed by atoms with Crippen LogP contribution in [0.5, 0.6) is 0 Å². The highest BCUT2D eigenvalue weighted by molar-refractivity contribution is 7.98. The fraction of sp³-hybridized carbons (Fsp3) is 0.0500. The number of carbonyl (C=O) groups is 1. The molecule has 7 heteroatoms. The lowest BCUT2D eigenvalue weighted by molar-refractivity contribution is 0.101. The number of hydrogen-bond acceptors (Lipinski definition) is 5. The van der Waals surface area contributed by atoms with Crippen LogP contribution >= 0.6 is 23.4 Å². The maximum atomic E-state index is 12.4. The fourth-order valence-corrected chi connectivity index (χ4v) is 3.48.